The summed E-state index contributed by atoms with van der Waals surface area (Å²) in [5.74, 6) is 0.0575. The normalized spacial score (nSPS) is 15.8. The van der Waals surface area contributed by atoms with Gasteiger partial charge < -0.3 is 5.32 Å². The molecule has 1 N–H and O–H groups in total. The SMILES string of the molecule is CC(=O)/C=C(/C)NC1=C(c2ccc(Br)cc2)CC(C)=C1C. The van der Waals surface area contributed by atoms with E-state index in [0.717, 1.165) is 22.3 Å². The van der Waals surface area contributed by atoms with Gasteiger partial charge in [-0.05, 0) is 69.0 Å². The molecular weight excluding hydrogens is 326 g/mol. The fraction of sp³-hybridized carbons (Fsp3) is 0.278. The van der Waals surface area contributed by atoms with Crippen LogP contribution in [0.5, 0.6) is 0 Å². The highest BCUT2D eigenvalue weighted by Gasteiger charge is 2.20. The number of ketones is 1. The zero-order valence-corrected chi connectivity index (χ0v) is 14.5. The molecule has 0 fully saturated rings. The number of carbonyl (C=O) groups excluding carboxylic acids is 1. The lowest BCUT2D eigenvalue weighted by Gasteiger charge is -2.13. The zero-order chi connectivity index (χ0) is 15.6. The first-order chi connectivity index (χ1) is 9.88. The maximum atomic E-state index is 11.2. The number of halogens is 1. The van der Waals surface area contributed by atoms with Gasteiger partial charge in [0.2, 0.25) is 0 Å². The third-order valence-electron chi connectivity index (χ3n) is 3.69. The molecule has 21 heavy (non-hydrogen) atoms. The quantitative estimate of drug-likeness (QED) is 0.779. The van der Waals surface area contributed by atoms with Crippen molar-refractivity contribution in [2.45, 2.75) is 34.1 Å². The van der Waals surface area contributed by atoms with Gasteiger partial charge in [-0.15, -0.1) is 0 Å². The van der Waals surface area contributed by atoms with Crippen molar-refractivity contribution in [3.05, 3.63) is 62.9 Å². The van der Waals surface area contributed by atoms with Gasteiger partial charge in [-0.2, -0.15) is 0 Å². The smallest absolute Gasteiger partial charge is 0.154 e. The summed E-state index contributed by atoms with van der Waals surface area (Å²) in [7, 11) is 0. The largest absolute Gasteiger partial charge is 0.359 e. The molecule has 0 atom stereocenters. The maximum absolute atomic E-state index is 11.2. The number of hydrogen-bond acceptors (Lipinski definition) is 2. The standard InChI is InChI=1S/C18H20BrNO/c1-11-9-17(15-5-7-16(19)8-6-15)18(14(11)4)20-12(2)10-13(3)21/h5-8,10,20H,9H2,1-4H3/b12-10-. The summed E-state index contributed by atoms with van der Waals surface area (Å²) in [5.41, 5.74) is 7.14. The summed E-state index contributed by atoms with van der Waals surface area (Å²) in [6, 6.07) is 8.36. The first kappa shape index (κ1) is 15.8. The topological polar surface area (TPSA) is 29.1 Å². The highest BCUT2D eigenvalue weighted by Crippen LogP contribution is 2.37. The molecule has 0 saturated carbocycles. The molecule has 3 heteroatoms. The summed E-state index contributed by atoms with van der Waals surface area (Å²) >= 11 is 3.47. The van der Waals surface area contributed by atoms with Crippen LogP contribution in [0.4, 0.5) is 0 Å². The van der Waals surface area contributed by atoms with E-state index in [1.807, 2.05) is 6.92 Å². The van der Waals surface area contributed by atoms with Gasteiger partial charge in [-0.25, -0.2) is 0 Å². The fourth-order valence-corrected chi connectivity index (χ4v) is 2.80. The molecule has 2 nitrogen and oxygen atoms in total. The van der Waals surface area contributed by atoms with E-state index in [1.165, 1.54) is 22.3 Å². The van der Waals surface area contributed by atoms with Crippen molar-refractivity contribution in [1.82, 2.24) is 5.32 Å². The maximum Gasteiger partial charge on any atom is 0.154 e. The van der Waals surface area contributed by atoms with Gasteiger partial charge in [-0.1, -0.05) is 33.6 Å². The summed E-state index contributed by atoms with van der Waals surface area (Å²) in [5, 5.41) is 3.40. The summed E-state index contributed by atoms with van der Waals surface area (Å²) in [6.07, 6.45) is 2.58. The highest BCUT2D eigenvalue weighted by atomic mass is 79.9. The first-order valence-corrected chi connectivity index (χ1v) is 7.79. The zero-order valence-electron chi connectivity index (χ0n) is 12.9. The minimum atomic E-state index is 0.0575. The van der Waals surface area contributed by atoms with Crippen LogP contribution < -0.4 is 5.32 Å². The number of hydrogen-bond donors (Lipinski definition) is 1. The van der Waals surface area contributed by atoms with Gasteiger partial charge in [0, 0.05) is 15.9 Å². The van der Waals surface area contributed by atoms with E-state index in [2.05, 4.69) is 59.4 Å². The minimum Gasteiger partial charge on any atom is -0.359 e. The predicted molar refractivity (Wildman–Crippen MR) is 91.6 cm³/mol. The Balaban J connectivity index is 2.40. The lowest BCUT2D eigenvalue weighted by atomic mass is 10.0. The Bertz CT molecular complexity index is 663. The molecule has 0 radical (unpaired) electrons. The number of carbonyl (C=O) groups is 1. The van der Waals surface area contributed by atoms with E-state index in [9.17, 15) is 4.79 Å². The second-order valence-corrected chi connectivity index (χ2v) is 6.42. The van der Waals surface area contributed by atoms with Crippen LogP contribution in [0.2, 0.25) is 0 Å². The highest BCUT2D eigenvalue weighted by molar-refractivity contribution is 9.10. The molecule has 2 rings (SSSR count). The number of allylic oxidation sites excluding steroid dienone is 5. The van der Waals surface area contributed by atoms with Crippen LogP contribution in [0.15, 0.2) is 57.4 Å². The van der Waals surface area contributed by atoms with Gasteiger partial charge in [0.1, 0.15) is 0 Å². The summed E-state index contributed by atoms with van der Waals surface area (Å²) in [6.45, 7) is 7.78. The Morgan fingerprint density at radius 3 is 2.38 bits per heavy atom. The van der Waals surface area contributed by atoms with E-state index in [0.29, 0.717) is 0 Å². The van der Waals surface area contributed by atoms with Crippen LogP contribution in [-0.4, -0.2) is 5.78 Å². The van der Waals surface area contributed by atoms with Crippen molar-refractivity contribution in [3.63, 3.8) is 0 Å². The molecular formula is C18H20BrNO. The molecule has 0 saturated heterocycles. The average molecular weight is 346 g/mol. The Hall–Kier alpha value is -1.61. The van der Waals surface area contributed by atoms with E-state index in [-0.39, 0.29) is 5.78 Å². The van der Waals surface area contributed by atoms with E-state index in [4.69, 9.17) is 0 Å². The van der Waals surface area contributed by atoms with Crippen molar-refractivity contribution < 1.29 is 4.79 Å². The van der Waals surface area contributed by atoms with Crippen molar-refractivity contribution >= 4 is 27.3 Å². The molecule has 1 aliphatic carbocycles. The van der Waals surface area contributed by atoms with Crippen molar-refractivity contribution in [2.75, 3.05) is 0 Å². The molecule has 0 heterocycles. The first-order valence-electron chi connectivity index (χ1n) is 7.00. The van der Waals surface area contributed by atoms with Crippen LogP contribution in [0.1, 0.15) is 39.7 Å². The van der Waals surface area contributed by atoms with Crippen LogP contribution in [0, 0.1) is 0 Å². The predicted octanol–water partition coefficient (Wildman–Crippen LogP) is 4.98. The average Bonchev–Trinajstić information content (AvgIpc) is 2.67. The number of benzene rings is 1. The van der Waals surface area contributed by atoms with Crippen LogP contribution in [-0.2, 0) is 4.79 Å². The van der Waals surface area contributed by atoms with E-state index >= 15 is 0 Å². The Morgan fingerprint density at radius 2 is 1.81 bits per heavy atom. The molecule has 1 aromatic carbocycles. The number of rotatable bonds is 4. The van der Waals surface area contributed by atoms with E-state index in [1.54, 1.807) is 13.0 Å². The molecule has 110 valence electrons. The molecule has 0 aromatic heterocycles. The molecule has 0 bridgehead atoms. The van der Waals surface area contributed by atoms with Gasteiger partial charge in [0.05, 0.1) is 0 Å². The van der Waals surface area contributed by atoms with Crippen molar-refractivity contribution in [2.24, 2.45) is 0 Å². The third kappa shape index (κ3) is 3.73. The molecule has 0 aliphatic heterocycles. The minimum absolute atomic E-state index is 0.0575. The van der Waals surface area contributed by atoms with Gasteiger partial charge in [0.25, 0.3) is 0 Å². The molecule has 0 amide bonds. The second-order valence-electron chi connectivity index (χ2n) is 5.51. The monoisotopic (exact) mass is 345 g/mol. The van der Waals surface area contributed by atoms with Crippen molar-refractivity contribution in [3.8, 4) is 0 Å². The Labute approximate surface area is 134 Å². The number of nitrogens with one attached hydrogen (secondary N) is 1. The van der Waals surface area contributed by atoms with Crippen LogP contribution >= 0.6 is 15.9 Å². The van der Waals surface area contributed by atoms with E-state index < -0.39 is 0 Å². The van der Waals surface area contributed by atoms with Gasteiger partial charge in [0.15, 0.2) is 5.78 Å². The van der Waals surface area contributed by atoms with Gasteiger partial charge >= 0.3 is 0 Å². The van der Waals surface area contributed by atoms with Crippen LogP contribution in [0.3, 0.4) is 0 Å². The van der Waals surface area contributed by atoms with Gasteiger partial charge in [-0.3, -0.25) is 4.79 Å². The lowest BCUT2D eigenvalue weighted by molar-refractivity contribution is -0.112. The third-order valence-corrected chi connectivity index (χ3v) is 4.22. The lowest BCUT2D eigenvalue weighted by Crippen LogP contribution is -2.13. The summed E-state index contributed by atoms with van der Waals surface area (Å²) < 4.78 is 1.08. The molecule has 0 unspecified atom stereocenters. The molecule has 0 spiro atoms. The second kappa shape index (κ2) is 6.44. The summed E-state index contributed by atoms with van der Waals surface area (Å²) in [4.78, 5) is 11.2. The van der Waals surface area contributed by atoms with Crippen molar-refractivity contribution in [1.29, 1.82) is 0 Å². The molecule has 1 aromatic rings. The van der Waals surface area contributed by atoms with Crippen LogP contribution in [0.25, 0.3) is 5.57 Å². The Morgan fingerprint density at radius 1 is 1.19 bits per heavy atom. The molecule has 1 aliphatic rings. The Kier molecular flexibility index (Phi) is 4.84. The fourth-order valence-electron chi connectivity index (χ4n) is 2.53.